The lowest BCUT2D eigenvalue weighted by Crippen LogP contribution is -2.30. The van der Waals surface area contributed by atoms with Crippen LogP contribution in [0.5, 0.6) is 5.75 Å². The standard InChI is InChI=1S/C21H20N4O6S/c1-14(31-20(27)15-4-8-17(30-2)9-5-15)19(26)24-16-6-10-18(11-7-16)32(28,29)25-21-22-12-3-13-23-21/h3-14H,1-2H3,(H,24,26)(H,22,23,25)/t14-/m1/s1. The summed E-state index contributed by atoms with van der Waals surface area (Å²) in [6, 6.07) is 13.3. The maximum absolute atomic E-state index is 12.4. The largest absolute Gasteiger partial charge is 0.497 e. The number of amides is 1. The summed E-state index contributed by atoms with van der Waals surface area (Å²) in [7, 11) is -2.38. The van der Waals surface area contributed by atoms with Crippen molar-refractivity contribution in [2.24, 2.45) is 0 Å². The maximum atomic E-state index is 12.4. The lowest BCUT2D eigenvalue weighted by atomic mass is 10.2. The number of nitrogens with one attached hydrogen (secondary N) is 2. The lowest BCUT2D eigenvalue weighted by Gasteiger charge is -2.14. The van der Waals surface area contributed by atoms with Crippen LogP contribution in [0.25, 0.3) is 0 Å². The normalized spacial score (nSPS) is 11.8. The second-order valence-corrected chi connectivity index (χ2v) is 8.15. The van der Waals surface area contributed by atoms with Crippen molar-refractivity contribution >= 4 is 33.5 Å². The van der Waals surface area contributed by atoms with Crippen LogP contribution in [0.1, 0.15) is 17.3 Å². The number of ether oxygens (including phenoxy) is 2. The summed E-state index contributed by atoms with van der Waals surface area (Å²) in [6.07, 6.45) is 1.74. The summed E-state index contributed by atoms with van der Waals surface area (Å²) in [6.45, 7) is 1.43. The molecule has 10 nitrogen and oxygen atoms in total. The minimum absolute atomic E-state index is 0.0399. The molecule has 0 saturated heterocycles. The van der Waals surface area contributed by atoms with Gasteiger partial charge < -0.3 is 14.8 Å². The topological polar surface area (TPSA) is 137 Å². The molecule has 1 aromatic heterocycles. The van der Waals surface area contributed by atoms with E-state index in [1.807, 2.05) is 0 Å². The highest BCUT2D eigenvalue weighted by Crippen LogP contribution is 2.17. The second kappa shape index (κ2) is 9.88. The number of esters is 1. The number of carbonyl (C=O) groups excluding carboxylic acids is 2. The Morgan fingerprint density at radius 1 is 0.969 bits per heavy atom. The number of rotatable bonds is 8. The van der Waals surface area contributed by atoms with Crippen LogP contribution >= 0.6 is 0 Å². The Morgan fingerprint density at radius 2 is 1.59 bits per heavy atom. The molecule has 0 spiro atoms. The van der Waals surface area contributed by atoms with Crippen molar-refractivity contribution < 1.29 is 27.5 Å². The van der Waals surface area contributed by atoms with E-state index < -0.39 is 28.0 Å². The van der Waals surface area contributed by atoms with Crippen molar-refractivity contribution in [2.45, 2.75) is 17.9 Å². The molecule has 3 aromatic rings. The van der Waals surface area contributed by atoms with E-state index in [4.69, 9.17) is 9.47 Å². The quantitative estimate of drug-likeness (QED) is 0.493. The van der Waals surface area contributed by atoms with Crippen molar-refractivity contribution in [1.82, 2.24) is 9.97 Å². The number of anilines is 2. The van der Waals surface area contributed by atoms with Crippen molar-refractivity contribution in [1.29, 1.82) is 0 Å². The van der Waals surface area contributed by atoms with Crippen molar-refractivity contribution in [3.05, 3.63) is 72.6 Å². The predicted octanol–water partition coefficient (Wildman–Crippen LogP) is 2.47. The molecule has 0 unspecified atom stereocenters. The third-order valence-electron chi connectivity index (χ3n) is 4.20. The molecule has 166 valence electrons. The molecule has 0 fully saturated rings. The predicted molar refractivity (Wildman–Crippen MR) is 116 cm³/mol. The molecule has 0 bridgehead atoms. The van der Waals surface area contributed by atoms with E-state index in [0.717, 1.165) is 0 Å². The molecule has 2 aromatic carbocycles. The van der Waals surface area contributed by atoms with Gasteiger partial charge in [0, 0.05) is 18.1 Å². The van der Waals surface area contributed by atoms with Crippen LogP contribution in [0.15, 0.2) is 71.9 Å². The van der Waals surface area contributed by atoms with E-state index in [0.29, 0.717) is 11.4 Å². The Balaban J connectivity index is 1.59. The zero-order chi connectivity index (χ0) is 23.1. The van der Waals surface area contributed by atoms with Gasteiger partial charge in [0.05, 0.1) is 17.6 Å². The summed E-state index contributed by atoms with van der Waals surface area (Å²) >= 11 is 0. The fourth-order valence-electron chi connectivity index (χ4n) is 2.50. The lowest BCUT2D eigenvalue weighted by molar-refractivity contribution is -0.123. The fraction of sp³-hybridized carbons (Fsp3) is 0.143. The maximum Gasteiger partial charge on any atom is 0.338 e. The summed E-state index contributed by atoms with van der Waals surface area (Å²) in [5.41, 5.74) is 0.604. The van der Waals surface area contributed by atoms with Crippen LogP contribution in [0.2, 0.25) is 0 Å². The molecule has 0 radical (unpaired) electrons. The molecule has 0 aliphatic carbocycles. The highest BCUT2D eigenvalue weighted by atomic mass is 32.2. The summed E-state index contributed by atoms with van der Waals surface area (Å²) in [5, 5.41) is 2.57. The van der Waals surface area contributed by atoms with Gasteiger partial charge in [-0.05, 0) is 61.5 Å². The van der Waals surface area contributed by atoms with Crippen LogP contribution in [-0.2, 0) is 19.6 Å². The van der Waals surface area contributed by atoms with Gasteiger partial charge in [0.2, 0.25) is 5.95 Å². The Morgan fingerprint density at radius 3 is 2.19 bits per heavy atom. The summed E-state index contributed by atoms with van der Waals surface area (Å²) in [5.74, 6) is -0.703. The first kappa shape index (κ1) is 22.7. The van der Waals surface area contributed by atoms with Crippen molar-refractivity contribution in [3.8, 4) is 5.75 Å². The molecule has 0 aliphatic rings. The van der Waals surface area contributed by atoms with Gasteiger partial charge in [-0.2, -0.15) is 0 Å². The molecule has 0 saturated carbocycles. The molecule has 0 aliphatic heterocycles. The SMILES string of the molecule is COc1ccc(C(=O)O[C@H](C)C(=O)Nc2ccc(S(=O)(=O)Nc3ncccn3)cc2)cc1. The molecular weight excluding hydrogens is 436 g/mol. The minimum Gasteiger partial charge on any atom is -0.497 e. The summed E-state index contributed by atoms with van der Waals surface area (Å²) in [4.78, 5) is 32.1. The van der Waals surface area contributed by atoms with E-state index in [2.05, 4.69) is 20.0 Å². The molecule has 2 N–H and O–H groups in total. The number of sulfonamides is 1. The number of methoxy groups -OCH3 is 1. The minimum atomic E-state index is -3.89. The van der Waals surface area contributed by atoms with Gasteiger partial charge in [-0.3, -0.25) is 4.79 Å². The van der Waals surface area contributed by atoms with Crippen LogP contribution in [-0.4, -0.2) is 43.5 Å². The van der Waals surface area contributed by atoms with E-state index in [9.17, 15) is 18.0 Å². The van der Waals surface area contributed by atoms with E-state index in [1.165, 1.54) is 62.8 Å². The van der Waals surface area contributed by atoms with E-state index in [1.54, 1.807) is 18.2 Å². The number of aromatic nitrogens is 2. The average Bonchev–Trinajstić information content (AvgIpc) is 2.79. The third-order valence-corrected chi connectivity index (χ3v) is 5.55. The zero-order valence-electron chi connectivity index (χ0n) is 17.2. The Bertz CT molecular complexity index is 1180. The average molecular weight is 456 g/mol. The molecule has 1 amide bonds. The van der Waals surface area contributed by atoms with Gasteiger partial charge in [-0.1, -0.05) is 0 Å². The highest BCUT2D eigenvalue weighted by molar-refractivity contribution is 7.92. The highest BCUT2D eigenvalue weighted by Gasteiger charge is 2.20. The van der Waals surface area contributed by atoms with Crippen molar-refractivity contribution in [2.75, 3.05) is 17.1 Å². The Labute approximate surface area is 184 Å². The van der Waals surface area contributed by atoms with Gasteiger partial charge in [0.25, 0.3) is 15.9 Å². The van der Waals surface area contributed by atoms with Crippen LogP contribution < -0.4 is 14.8 Å². The first-order valence-corrected chi connectivity index (χ1v) is 10.8. The first-order chi connectivity index (χ1) is 15.3. The molecule has 1 heterocycles. The molecule has 3 rings (SSSR count). The second-order valence-electron chi connectivity index (χ2n) is 6.47. The number of carbonyl (C=O) groups is 2. The van der Waals surface area contributed by atoms with Gasteiger partial charge in [-0.15, -0.1) is 0 Å². The first-order valence-electron chi connectivity index (χ1n) is 9.34. The number of hydrogen-bond donors (Lipinski definition) is 2. The third kappa shape index (κ3) is 5.79. The fourth-order valence-corrected chi connectivity index (χ4v) is 3.46. The van der Waals surface area contributed by atoms with Crippen LogP contribution in [0.4, 0.5) is 11.6 Å². The molecule has 11 heteroatoms. The van der Waals surface area contributed by atoms with Gasteiger partial charge >= 0.3 is 5.97 Å². The van der Waals surface area contributed by atoms with E-state index >= 15 is 0 Å². The van der Waals surface area contributed by atoms with Crippen LogP contribution in [0, 0.1) is 0 Å². The number of nitrogens with zero attached hydrogens (tertiary/aromatic N) is 2. The Kier molecular flexibility index (Phi) is 7.00. The van der Waals surface area contributed by atoms with E-state index in [-0.39, 0.29) is 16.4 Å². The monoisotopic (exact) mass is 456 g/mol. The molecular formula is C21H20N4O6S. The number of benzene rings is 2. The van der Waals surface area contributed by atoms with Gasteiger partial charge in [-0.25, -0.2) is 27.9 Å². The Hall–Kier alpha value is -3.99. The van der Waals surface area contributed by atoms with Gasteiger partial charge in [0.1, 0.15) is 5.75 Å². The number of hydrogen-bond acceptors (Lipinski definition) is 8. The molecule has 32 heavy (non-hydrogen) atoms. The zero-order valence-corrected chi connectivity index (χ0v) is 18.0. The van der Waals surface area contributed by atoms with Crippen molar-refractivity contribution in [3.63, 3.8) is 0 Å². The van der Waals surface area contributed by atoms with Gasteiger partial charge in [0.15, 0.2) is 6.10 Å². The molecule has 1 atom stereocenters. The smallest absolute Gasteiger partial charge is 0.338 e. The van der Waals surface area contributed by atoms with Crippen LogP contribution in [0.3, 0.4) is 0 Å². The summed E-state index contributed by atoms with van der Waals surface area (Å²) < 4.78 is 37.3.